The molecule has 0 radical (unpaired) electrons. The quantitative estimate of drug-likeness (QED) is 0.256. The zero-order valence-electron chi connectivity index (χ0n) is 20.2. The van der Waals surface area contributed by atoms with E-state index in [9.17, 15) is 14.4 Å². The van der Waals surface area contributed by atoms with Crippen LogP contribution in [0.3, 0.4) is 0 Å². The van der Waals surface area contributed by atoms with Crippen molar-refractivity contribution in [3.05, 3.63) is 117 Å². The highest BCUT2D eigenvalue weighted by Crippen LogP contribution is 2.46. The van der Waals surface area contributed by atoms with E-state index in [2.05, 4.69) is 0 Å². The molecule has 180 valence electrons. The van der Waals surface area contributed by atoms with Crippen molar-refractivity contribution in [3.63, 3.8) is 0 Å². The van der Waals surface area contributed by atoms with E-state index in [1.54, 1.807) is 24.3 Å². The Labute approximate surface area is 206 Å². The molecule has 2 aliphatic heterocycles. The fourth-order valence-corrected chi connectivity index (χ4v) is 5.18. The van der Waals surface area contributed by atoms with Gasteiger partial charge in [0.05, 0.1) is 18.3 Å². The summed E-state index contributed by atoms with van der Waals surface area (Å²) in [4.78, 5) is 38.9. The fourth-order valence-electron chi connectivity index (χ4n) is 5.18. The molecule has 2 aromatic carbocycles. The predicted octanol–water partition coefficient (Wildman–Crippen LogP) is 2.98. The van der Waals surface area contributed by atoms with Gasteiger partial charge in [-0.2, -0.15) is 4.57 Å². The number of carbonyl (C=O) groups is 1. The van der Waals surface area contributed by atoms with Crippen LogP contribution in [0.2, 0.25) is 0 Å². The summed E-state index contributed by atoms with van der Waals surface area (Å²) in [6.45, 7) is 5.70. The zero-order chi connectivity index (χ0) is 25.2. The molecule has 0 bridgehead atoms. The number of pyridine rings is 1. The van der Waals surface area contributed by atoms with Gasteiger partial charge >= 0.3 is 11.4 Å². The standard InChI is InChI=1S/C28H25N4O4/c1-18(33)19-7-9-20(10-8-19)31-26(34)30-16-13-23-25(32(30)27(31)35)22-12-11-21(29-14-5-4-6-15-29)17-24(22)36-28(23,2)3/h4-15,17,25H,16H2,1-3H3/q+1. The van der Waals surface area contributed by atoms with Crippen LogP contribution in [0, 0.1) is 0 Å². The maximum absolute atomic E-state index is 13.8. The molecule has 1 atom stereocenters. The molecule has 0 saturated carbocycles. The van der Waals surface area contributed by atoms with Crippen LogP contribution in [0.15, 0.2) is 94.3 Å². The molecule has 1 unspecified atom stereocenters. The molecular formula is C28H25N4O4+. The van der Waals surface area contributed by atoms with Crippen molar-refractivity contribution >= 4 is 5.78 Å². The van der Waals surface area contributed by atoms with Gasteiger partial charge in [-0.1, -0.05) is 12.1 Å². The average molecular weight is 482 g/mol. The number of benzene rings is 2. The van der Waals surface area contributed by atoms with Crippen LogP contribution in [0.5, 0.6) is 5.75 Å². The van der Waals surface area contributed by atoms with Gasteiger partial charge in [0, 0.05) is 29.3 Å². The number of fused-ring (bicyclic) bond motifs is 5. The normalized spacial score (nSPS) is 17.3. The minimum atomic E-state index is -0.677. The van der Waals surface area contributed by atoms with Gasteiger partial charge in [0.1, 0.15) is 17.4 Å². The van der Waals surface area contributed by atoms with E-state index in [4.69, 9.17) is 4.74 Å². The van der Waals surface area contributed by atoms with Crippen LogP contribution < -0.4 is 20.7 Å². The minimum absolute atomic E-state index is 0.0790. The highest BCUT2D eigenvalue weighted by atomic mass is 16.5. The van der Waals surface area contributed by atoms with E-state index in [0.717, 1.165) is 21.4 Å². The fraction of sp³-hybridized carbons (Fsp3) is 0.214. The topological polar surface area (TPSA) is 79.1 Å². The number of Topliss-reactive ketones (excluding diaryl/α,β-unsaturated/α-hetero) is 1. The lowest BCUT2D eigenvalue weighted by Crippen LogP contribution is -2.46. The van der Waals surface area contributed by atoms with Crippen LogP contribution in [-0.4, -0.2) is 25.3 Å². The van der Waals surface area contributed by atoms with Crippen LogP contribution in [0.1, 0.15) is 42.7 Å². The van der Waals surface area contributed by atoms with Crippen LogP contribution in [0.4, 0.5) is 0 Å². The molecule has 0 saturated heterocycles. The number of ketones is 1. The Morgan fingerprint density at radius 3 is 2.42 bits per heavy atom. The van der Waals surface area contributed by atoms with E-state index >= 15 is 0 Å². The van der Waals surface area contributed by atoms with Crippen molar-refractivity contribution in [3.8, 4) is 17.1 Å². The van der Waals surface area contributed by atoms with E-state index in [1.807, 2.05) is 73.3 Å². The first kappa shape index (κ1) is 22.0. The van der Waals surface area contributed by atoms with Gasteiger partial charge in [-0.25, -0.2) is 23.5 Å². The van der Waals surface area contributed by atoms with Crippen LogP contribution >= 0.6 is 0 Å². The number of rotatable bonds is 3. The molecule has 0 spiro atoms. The summed E-state index contributed by atoms with van der Waals surface area (Å²) < 4.78 is 12.6. The maximum Gasteiger partial charge on any atom is 0.352 e. The lowest BCUT2D eigenvalue weighted by Gasteiger charge is -2.42. The second-order valence-electron chi connectivity index (χ2n) is 9.61. The highest BCUT2D eigenvalue weighted by Gasteiger charge is 2.44. The molecule has 6 rings (SSSR count). The Bertz CT molecular complexity index is 1670. The Morgan fingerprint density at radius 1 is 1.00 bits per heavy atom. The molecule has 4 heterocycles. The summed E-state index contributed by atoms with van der Waals surface area (Å²) in [5.74, 6) is 0.590. The van der Waals surface area contributed by atoms with Crippen molar-refractivity contribution in [2.45, 2.75) is 39.0 Å². The summed E-state index contributed by atoms with van der Waals surface area (Å²) in [6, 6.07) is 17.8. The molecule has 0 N–H and O–H groups in total. The Balaban J connectivity index is 1.53. The predicted molar refractivity (Wildman–Crippen MR) is 133 cm³/mol. The summed E-state index contributed by atoms with van der Waals surface area (Å²) >= 11 is 0. The molecule has 0 amide bonds. The maximum atomic E-state index is 13.8. The zero-order valence-corrected chi connectivity index (χ0v) is 20.2. The Hall–Kier alpha value is -4.46. The Morgan fingerprint density at radius 2 is 1.72 bits per heavy atom. The van der Waals surface area contributed by atoms with Gasteiger partial charge < -0.3 is 4.74 Å². The van der Waals surface area contributed by atoms with Crippen LogP contribution in [-0.2, 0) is 6.54 Å². The van der Waals surface area contributed by atoms with Crippen molar-refractivity contribution in [1.82, 2.24) is 13.9 Å². The third-order valence-electron chi connectivity index (χ3n) is 6.98. The van der Waals surface area contributed by atoms with E-state index in [0.29, 0.717) is 17.0 Å². The first-order valence-corrected chi connectivity index (χ1v) is 11.8. The summed E-state index contributed by atoms with van der Waals surface area (Å²) in [6.07, 6.45) is 5.90. The average Bonchev–Trinajstić information content (AvgIpc) is 3.13. The van der Waals surface area contributed by atoms with Gasteiger partial charge in [0.25, 0.3) is 0 Å². The van der Waals surface area contributed by atoms with Crippen molar-refractivity contribution in [2.75, 3.05) is 0 Å². The molecule has 2 aromatic heterocycles. The van der Waals surface area contributed by atoms with Gasteiger partial charge in [-0.3, -0.25) is 4.79 Å². The molecule has 4 aromatic rings. The molecule has 0 aliphatic carbocycles. The molecule has 0 fully saturated rings. The third kappa shape index (κ3) is 3.21. The molecule has 8 nitrogen and oxygen atoms in total. The summed E-state index contributed by atoms with van der Waals surface area (Å²) in [5.41, 5.74) is 2.09. The van der Waals surface area contributed by atoms with Gasteiger partial charge in [0.2, 0.25) is 5.69 Å². The lowest BCUT2D eigenvalue weighted by molar-refractivity contribution is -0.595. The third-order valence-corrected chi connectivity index (χ3v) is 6.98. The van der Waals surface area contributed by atoms with E-state index < -0.39 is 23.0 Å². The summed E-state index contributed by atoms with van der Waals surface area (Å²) in [5, 5.41) is 0. The summed E-state index contributed by atoms with van der Waals surface area (Å²) in [7, 11) is 0. The van der Waals surface area contributed by atoms with Gasteiger partial charge in [0.15, 0.2) is 18.2 Å². The van der Waals surface area contributed by atoms with Crippen LogP contribution in [0.25, 0.3) is 11.4 Å². The van der Waals surface area contributed by atoms with Crippen molar-refractivity contribution < 1.29 is 14.1 Å². The minimum Gasteiger partial charge on any atom is -0.483 e. The van der Waals surface area contributed by atoms with Gasteiger partial charge in [-0.15, -0.1) is 0 Å². The number of allylic oxidation sites excluding steroid dienone is 1. The number of carbonyl (C=O) groups excluding carboxylic acids is 1. The highest BCUT2D eigenvalue weighted by molar-refractivity contribution is 5.94. The smallest absolute Gasteiger partial charge is 0.352 e. The second kappa shape index (κ2) is 7.78. The van der Waals surface area contributed by atoms with Crippen molar-refractivity contribution in [2.24, 2.45) is 0 Å². The first-order valence-electron chi connectivity index (χ1n) is 11.8. The lowest BCUT2D eigenvalue weighted by atomic mass is 9.83. The number of aromatic nitrogens is 4. The first-order chi connectivity index (χ1) is 17.3. The van der Waals surface area contributed by atoms with E-state index in [1.165, 1.54) is 16.3 Å². The van der Waals surface area contributed by atoms with Crippen molar-refractivity contribution in [1.29, 1.82) is 0 Å². The molecule has 2 aliphatic rings. The SMILES string of the molecule is CC(=O)c1ccc(-n2c(=O)n3n(c2=O)C2C(=CC3)C(C)(C)Oc3cc(-[n+]4ccccc4)ccc32)cc1. The Kier molecular flexibility index (Phi) is 4.76. The molecule has 8 heteroatoms. The van der Waals surface area contributed by atoms with E-state index in [-0.39, 0.29) is 12.3 Å². The monoisotopic (exact) mass is 481 g/mol. The molecular weight excluding hydrogens is 456 g/mol. The van der Waals surface area contributed by atoms with Gasteiger partial charge in [-0.05, 0) is 56.7 Å². The second-order valence-corrected chi connectivity index (χ2v) is 9.61. The number of hydrogen-bond acceptors (Lipinski definition) is 4. The molecule has 36 heavy (non-hydrogen) atoms. The number of ether oxygens (including phenoxy) is 1. The number of hydrogen-bond donors (Lipinski definition) is 0. The number of nitrogens with zero attached hydrogens (tertiary/aromatic N) is 4. The largest absolute Gasteiger partial charge is 0.483 e.